The van der Waals surface area contributed by atoms with E-state index in [-0.39, 0.29) is 0 Å². The van der Waals surface area contributed by atoms with Crippen LogP contribution in [0.2, 0.25) is 0 Å². The molecule has 0 heterocycles. The number of benzene rings is 1. The average Bonchev–Trinajstić information content (AvgIpc) is 2.07. The second kappa shape index (κ2) is 3.81. The Morgan fingerprint density at radius 2 is 2.00 bits per heavy atom. The summed E-state index contributed by atoms with van der Waals surface area (Å²) in [7, 11) is 0. The van der Waals surface area contributed by atoms with E-state index < -0.39 is 0 Å². The largest absolute Gasteiger partial charge is 0.508 e. The van der Waals surface area contributed by atoms with Crippen LogP contribution in [0.5, 0.6) is 0 Å². The molecule has 0 aliphatic carbocycles. The van der Waals surface area contributed by atoms with Gasteiger partial charge < -0.3 is 5.11 Å². The summed E-state index contributed by atoms with van der Waals surface area (Å²) in [6.07, 6.45) is 2.30. The number of hydrogen-bond donors (Lipinski definition) is 1. The van der Waals surface area contributed by atoms with Gasteiger partial charge >= 0.3 is 0 Å². The summed E-state index contributed by atoms with van der Waals surface area (Å²) in [5.41, 5.74) is 0.844. The Morgan fingerprint density at radius 1 is 1.36 bits per heavy atom. The topological polar surface area (TPSA) is 20.2 Å². The Morgan fingerprint density at radius 3 is 2.55 bits per heavy atom. The molecule has 57 valence electrons. The van der Waals surface area contributed by atoms with E-state index in [1.807, 2.05) is 30.3 Å². The lowest BCUT2D eigenvalue weighted by Crippen LogP contribution is -1.80. The monoisotopic (exact) mass is 147 g/mol. The van der Waals surface area contributed by atoms with Crippen LogP contribution in [0.25, 0.3) is 5.76 Å². The van der Waals surface area contributed by atoms with Gasteiger partial charge in [-0.15, -0.1) is 0 Å². The zero-order chi connectivity index (χ0) is 8.10. The van der Waals surface area contributed by atoms with Gasteiger partial charge in [0, 0.05) is 5.56 Å². The predicted octanol–water partition coefficient (Wildman–Crippen LogP) is 2.81. The molecule has 0 unspecified atom stereocenters. The fourth-order valence-electron chi connectivity index (χ4n) is 0.863. The van der Waals surface area contributed by atoms with E-state index in [2.05, 4.69) is 6.92 Å². The zero-order valence-corrected chi connectivity index (χ0v) is 6.33. The highest BCUT2D eigenvalue weighted by molar-refractivity contribution is 5.57. The van der Waals surface area contributed by atoms with Crippen molar-refractivity contribution < 1.29 is 5.11 Å². The van der Waals surface area contributed by atoms with E-state index in [1.54, 1.807) is 6.08 Å². The Labute approximate surface area is 67.0 Å². The average molecular weight is 147 g/mol. The van der Waals surface area contributed by atoms with Gasteiger partial charge in [0.25, 0.3) is 0 Å². The van der Waals surface area contributed by atoms with Crippen molar-refractivity contribution in [3.05, 3.63) is 48.9 Å². The summed E-state index contributed by atoms with van der Waals surface area (Å²) >= 11 is 0. The molecule has 0 fully saturated rings. The second-order valence-corrected chi connectivity index (χ2v) is 2.24. The van der Waals surface area contributed by atoms with Gasteiger partial charge in [0.1, 0.15) is 5.76 Å². The third-order valence-corrected chi connectivity index (χ3v) is 1.41. The molecule has 0 aromatic heterocycles. The molecule has 1 heteroatoms. The maximum atomic E-state index is 9.34. The molecule has 0 atom stereocenters. The summed E-state index contributed by atoms with van der Waals surface area (Å²) in [6, 6.07) is 9.43. The lowest BCUT2D eigenvalue weighted by molar-refractivity contribution is 0.510. The van der Waals surface area contributed by atoms with Crippen molar-refractivity contribution in [3.63, 3.8) is 0 Å². The van der Waals surface area contributed by atoms with Gasteiger partial charge in [-0.3, -0.25) is 0 Å². The summed E-state index contributed by atoms with van der Waals surface area (Å²) < 4.78 is 0. The van der Waals surface area contributed by atoms with Gasteiger partial charge in [-0.1, -0.05) is 30.3 Å². The Hall–Kier alpha value is -1.24. The van der Waals surface area contributed by atoms with E-state index in [1.165, 1.54) is 0 Å². The number of hydrogen-bond acceptors (Lipinski definition) is 1. The number of aliphatic hydroxyl groups is 1. The van der Waals surface area contributed by atoms with Crippen LogP contribution >= 0.6 is 0 Å². The van der Waals surface area contributed by atoms with Crippen molar-refractivity contribution in [1.29, 1.82) is 0 Å². The van der Waals surface area contributed by atoms with E-state index in [9.17, 15) is 5.11 Å². The van der Waals surface area contributed by atoms with Crippen molar-refractivity contribution in [3.8, 4) is 0 Å². The molecule has 1 aromatic rings. The van der Waals surface area contributed by atoms with E-state index >= 15 is 0 Å². The molecule has 1 nitrogen and oxygen atoms in total. The van der Waals surface area contributed by atoms with Crippen LogP contribution in [-0.4, -0.2) is 5.11 Å². The first kappa shape index (κ1) is 7.86. The first-order chi connectivity index (χ1) is 5.34. The third-order valence-electron chi connectivity index (χ3n) is 1.41. The van der Waals surface area contributed by atoms with Crippen LogP contribution < -0.4 is 0 Å². The number of rotatable bonds is 2. The maximum Gasteiger partial charge on any atom is 0.118 e. The van der Waals surface area contributed by atoms with Gasteiger partial charge in [0.2, 0.25) is 0 Å². The van der Waals surface area contributed by atoms with Crippen LogP contribution in [-0.2, 0) is 0 Å². The molecule has 1 N–H and O–H groups in total. The maximum absolute atomic E-state index is 9.34. The van der Waals surface area contributed by atoms with E-state index in [4.69, 9.17) is 0 Å². The van der Waals surface area contributed by atoms with Crippen LogP contribution in [0.15, 0.2) is 36.4 Å². The molecule has 0 aliphatic rings. The minimum absolute atomic E-state index is 0.306. The normalized spacial score (nSPS) is 11.5. The molecule has 0 saturated carbocycles. The predicted molar refractivity (Wildman–Crippen MR) is 47.0 cm³/mol. The van der Waals surface area contributed by atoms with Crippen LogP contribution in [0.4, 0.5) is 0 Å². The number of aliphatic hydroxyl groups excluding tert-OH is 1. The van der Waals surface area contributed by atoms with Crippen molar-refractivity contribution >= 4 is 5.76 Å². The van der Waals surface area contributed by atoms with Crippen molar-refractivity contribution in [2.24, 2.45) is 0 Å². The highest BCUT2D eigenvalue weighted by atomic mass is 16.3. The highest BCUT2D eigenvalue weighted by Crippen LogP contribution is 2.10. The van der Waals surface area contributed by atoms with Gasteiger partial charge in [0.15, 0.2) is 0 Å². The lowest BCUT2D eigenvalue weighted by Gasteiger charge is -1.97. The van der Waals surface area contributed by atoms with Crippen molar-refractivity contribution in [2.45, 2.75) is 6.42 Å². The van der Waals surface area contributed by atoms with Crippen LogP contribution in [0, 0.1) is 6.92 Å². The smallest absolute Gasteiger partial charge is 0.118 e. The van der Waals surface area contributed by atoms with Crippen LogP contribution in [0.1, 0.15) is 12.0 Å². The molecule has 0 aliphatic heterocycles. The minimum atomic E-state index is 0.306. The van der Waals surface area contributed by atoms with Gasteiger partial charge in [0.05, 0.1) is 0 Å². The standard InChI is InChI=1S/C10H11O/c1-2-6-10(11)9-7-4-3-5-8-9/h3-8,11H,1-2H2/b10-6-. The number of allylic oxidation sites excluding steroid dienone is 1. The van der Waals surface area contributed by atoms with E-state index in [0.717, 1.165) is 5.56 Å². The SMILES string of the molecule is [CH2]C/C=C(\O)c1ccccc1. The Kier molecular flexibility index (Phi) is 2.73. The molecule has 11 heavy (non-hydrogen) atoms. The lowest BCUT2D eigenvalue weighted by atomic mass is 10.2. The molecule has 1 aromatic carbocycles. The van der Waals surface area contributed by atoms with Crippen molar-refractivity contribution in [1.82, 2.24) is 0 Å². The molecule has 0 bridgehead atoms. The van der Waals surface area contributed by atoms with Gasteiger partial charge in [-0.2, -0.15) is 0 Å². The molecular formula is C10H11O. The minimum Gasteiger partial charge on any atom is -0.508 e. The Balaban J connectivity index is 2.85. The molecule has 1 radical (unpaired) electrons. The highest BCUT2D eigenvalue weighted by Gasteiger charge is 1.93. The third kappa shape index (κ3) is 2.11. The molecule has 0 saturated heterocycles. The summed E-state index contributed by atoms with van der Waals surface area (Å²) in [4.78, 5) is 0. The van der Waals surface area contributed by atoms with Gasteiger partial charge in [-0.25, -0.2) is 0 Å². The zero-order valence-electron chi connectivity index (χ0n) is 6.33. The fraction of sp³-hybridized carbons (Fsp3) is 0.100. The molecule has 1 rings (SSSR count). The van der Waals surface area contributed by atoms with Gasteiger partial charge in [-0.05, 0) is 19.4 Å². The molecular weight excluding hydrogens is 136 g/mol. The summed E-state index contributed by atoms with van der Waals surface area (Å²) in [6.45, 7) is 3.61. The fourth-order valence-corrected chi connectivity index (χ4v) is 0.863. The van der Waals surface area contributed by atoms with Crippen LogP contribution in [0.3, 0.4) is 0 Å². The Bertz CT molecular complexity index is 236. The molecule has 0 spiro atoms. The van der Waals surface area contributed by atoms with E-state index in [0.29, 0.717) is 12.2 Å². The first-order valence-corrected chi connectivity index (χ1v) is 3.58. The quantitative estimate of drug-likeness (QED) is 0.638. The first-order valence-electron chi connectivity index (χ1n) is 3.58. The second-order valence-electron chi connectivity index (χ2n) is 2.24. The summed E-state index contributed by atoms with van der Waals surface area (Å²) in [5, 5.41) is 9.34. The summed E-state index contributed by atoms with van der Waals surface area (Å²) in [5.74, 6) is 0.306. The molecule has 0 amide bonds. The van der Waals surface area contributed by atoms with Crippen molar-refractivity contribution in [2.75, 3.05) is 0 Å².